The van der Waals surface area contributed by atoms with E-state index in [-0.39, 0.29) is 0 Å². The molecule has 1 rings (SSSR count). The summed E-state index contributed by atoms with van der Waals surface area (Å²) in [5, 5.41) is 0. The van der Waals surface area contributed by atoms with E-state index in [1.165, 1.54) is 22.3 Å². The molecule has 0 amide bonds. The van der Waals surface area contributed by atoms with Gasteiger partial charge in [0.2, 0.25) is 0 Å². The van der Waals surface area contributed by atoms with Gasteiger partial charge in [-0.25, -0.2) is 0 Å². The molecule has 0 radical (unpaired) electrons. The van der Waals surface area contributed by atoms with Crippen LogP contribution in [0.4, 0.5) is 0 Å². The van der Waals surface area contributed by atoms with Gasteiger partial charge in [-0.05, 0) is 37.5 Å². The van der Waals surface area contributed by atoms with Gasteiger partial charge in [-0.2, -0.15) is 0 Å². The minimum atomic E-state index is 1.23. The van der Waals surface area contributed by atoms with Crippen LogP contribution in [0.2, 0.25) is 0 Å². The van der Waals surface area contributed by atoms with E-state index in [4.69, 9.17) is 0 Å². The maximum Gasteiger partial charge on any atom is -0.0198 e. The first-order valence-corrected chi connectivity index (χ1v) is 5.18. The molecule has 0 bridgehead atoms. The Morgan fingerprint density at radius 1 is 1.20 bits per heavy atom. The Bertz CT molecular complexity index is 406. The Balaban J connectivity index is 3.04. The minimum Gasteiger partial charge on any atom is -0.0991 e. The first-order chi connectivity index (χ1) is 7.15. The van der Waals surface area contributed by atoms with Crippen molar-refractivity contribution in [1.82, 2.24) is 0 Å². The third kappa shape index (κ3) is 3.25. The number of rotatable bonds is 3. The van der Waals surface area contributed by atoms with Crippen LogP contribution in [0.15, 0.2) is 54.6 Å². The molecule has 0 unspecified atom stereocenters. The number of allylic oxidation sites excluding steroid dienone is 5. The number of hydrogen-bond donors (Lipinski definition) is 0. The van der Waals surface area contributed by atoms with E-state index in [1.807, 2.05) is 12.2 Å². The fourth-order valence-corrected chi connectivity index (χ4v) is 1.67. The highest BCUT2D eigenvalue weighted by Gasteiger charge is 1.98. The van der Waals surface area contributed by atoms with Gasteiger partial charge in [0.05, 0.1) is 0 Å². The fraction of sp³-hybridized carbons (Fsp3) is 0.200. The van der Waals surface area contributed by atoms with Crippen LogP contribution in [0.5, 0.6) is 0 Å². The predicted molar refractivity (Wildman–Crippen MR) is 68.8 cm³/mol. The highest BCUT2D eigenvalue weighted by atomic mass is 14.0. The van der Waals surface area contributed by atoms with E-state index in [1.54, 1.807) is 0 Å². The molecule has 15 heavy (non-hydrogen) atoms. The average molecular weight is 198 g/mol. The molecule has 0 spiro atoms. The maximum absolute atomic E-state index is 3.69. The lowest BCUT2D eigenvalue weighted by molar-refractivity contribution is 1.40. The molecule has 0 atom stereocenters. The smallest absolute Gasteiger partial charge is 0.0198 e. The molecule has 0 aliphatic rings. The van der Waals surface area contributed by atoms with Gasteiger partial charge in [-0.1, -0.05) is 54.6 Å². The van der Waals surface area contributed by atoms with Crippen molar-refractivity contribution < 1.29 is 0 Å². The Morgan fingerprint density at radius 3 is 2.47 bits per heavy atom. The zero-order chi connectivity index (χ0) is 11.3. The molecule has 0 aliphatic heterocycles. The van der Waals surface area contributed by atoms with Crippen molar-refractivity contribution in [3.8, 4) is 0 Å². The van der Waals surface area contributed by atoms with Gasteiger partial charge in [0, 0.05) is 0 Å². The fourth-order valence-electron chi connectivity index (χ4n) is 1.67. The number of benzene rings is 1. The van der Waals surface area contributed by atoms with Crippen molar-refractivity contribution in [2.45, 2.75) is 20.8 Å². The third-order valence-electron chi connectivity index (χ3n) is 2.39. The summed E-state index contributed by atoms with van der Waals surface area (Å²) >= 11 is 0. The number of aryl methyl sites for hydroxylation is 1. The highest BCUT2D eigenvalue weighted by molar-refractivity contribution is 5.68. The molecule has 78 valence electrons. The standard InChI is InChI=1S/C15H18/c1-5-8-12(2)11-14(4)15-10-7-6-9-13(15)3/h5-11H,1H2,2-4H3. The molecule has 0 heteroatoms. The van der Waals surface area contributed by atoms with Crippen molar-refractivity contribution in [1.29, 1.82) is 0 Å². The van der Waals surface area contributed by atoms with Gasteiger partial charge in [-0.3, -0.25) is 0 Å². The Hall–Kier alpha value is -1.56. The van der Waals surface area contributed by atoms with Crippen molar-refractivity contribution in [3.63, 3.8) is 0 Å². The molecule has 0 fully saturated rings. The molecule has 1 aromatic rings. The molecule has 0 aliphatic carbocycles. The van der Waals surface area contributed by atoms with Crippen molar-refractivity contribution in [2.75, 3.05) is 0 Å². The lowest BCUT2D eigenvalue weighted by Crippen LogP contribution is -1.85. The molecule has 0 heterocycles. The average Bonchev–Trinajstić information content (AvgIpc) is 2.18. The SMILES string of the molecule is C=CC=C(C)C=C(C)c1ccccc1C. The van der Waals surface area contributed by atoms with Crippen LogP contribution in [0.25, 0.3) is 5.57 Å². The van der Waals surface area contributed by atoms with Crippen LogP contribution in [-0.4, -0.2) is 0 Å². The maximum atomic E-state index is 3.69. The van der Waals surface area contributed by atoms with Gasteiger partial charge in [-0.15, -0.1) is 0 Å². The van der Waals surface area contributed by atoms with E-state index < -0.39 is 0 Å². The lowest BCUT2D eigenvalue weighted by Gasteiger charge is -2.05. The van der Waals surface area contributed by atoms with Crippen LogP contribution >= 0.6 is 0 Å². The summed E-state index contributed by atoms with van der Waals surface area (Å²) < 4.78 is 0. The monoisotopic (exact) mass is 198 g/mol. The topological polar surface area (TPSA) is 0 Å². The van der Waals surface area contributed by atoms with Crippen molar-refractivity contribution in [2.24, 2.45) is 0 Å². The Kier molecular flexibility index (Phi) is 4.11. The Labute approximate surface area is 92.6 Å². The van der Waals surface area contributed by atoms with Crippen molar-refractivity contribution in [3.05, 3.63) is 65.8 Å². The van der Waals surface area contributed by atoms with E-state index in [0.29, 0.717) is 0 Å². The zero-order valence-corrected chi connectivity index (χ0v) is 9.75. The second-order valence-corrected chi connectivity index (χ2v) is 3.79. The van der Waals surface area contributed by atoms with E-state index in [2.05, 4.69) is 57.7 Å². The molecule has 0 aromatic heterocycles. The first-order valence-electron chi connectivity index (χ1n) is 5.18. The summed E-state index contributed by atoms with van der Waals surface area (Å²) in [5.41, 5.74) is 5.15. The van der Waals surface area contributed by atoms with E-state index in [0.717, 1.165) is 0 Å². The largest absolute Gasteiger partial charge is 0.0991 e. The van der Waals surface area contributed by atoms with Gasteiger partial charge >= 0.3 is 0 Å². The lowest BCUT2D eigenvalue weighted by atomic mass is 10.0. The summed E-state index contributed by atoms with van der Waals surface area (Å²) in [4.78, 5) is 0. The van der Waals surface area contributed by atoms with Crippen LogP contribution in [-0.2, 0) is 0 Å². The molecular weight excluding hydrogens is 180 g/mol. The second kappa shape index (κ2) is 5.35. The highest BCUT2D eigenvalue weighted by Crippen LogP contribution is 2.19. The number of hydrogen-bond acceptors (Lipinski definition) is 0. The minimum absolute atomic E-state index is 1.23. The van der Waals surface area contributed by atoms with Crippen molar-refractivity contribution >= 4 is 5.57 Å². The summed E-state index contributed by atoms with van der Waals surface area (Å²) in [6.07, 6.45) is 6.02. The molecule has 0 saturated heterocycles. The molecule has 1 aromatic carbocycles. The predicted octanol–water partition coefficient (Wildman–Crippen LogP) is 4.53. The first kappa shape index (κ1) is 11.5. The second-order valence-electron chi connectivity index (χ2n) is 3.79. The molecule has 0 saturated carbocycles. The summed E-state index contributed by atoms with van der Waals surface area (Å²) in [6.45, 7) is 10.1. The third-order valence-corrected chi connectivity index (χ3v) is 2.39. The zero-order valence-electron chi connectivity index (χ0n) is 9.75. The molecule has 0 nitrogen and oxygen atoms in total. The van der Waals surface area contributed by atoms with Crippen LogP contribution in [0, 0.1) is 6.92 Å². The normalized spacial score (nSPS) is 12.7. The van der Waals surface area contributed by atoms with Gasteiger partial charge in [0.15, 0.2) is 0 Å². The quantitative estimate of drug-likeness (QED) is 0.626. The van der Waals surface area contributed by atoms with Gasteiger partial charge < -0.3 is 0 Å². The van der Waals surface area contributed by atoms with E-state index in [9.17, 15) is 0 Å². The van der Waals surface area contributed by atoms with Crippen LogP contribution in [0.1, 0.15) is 25.0 Å². The molecule has 0 N–H and O–H groups in total. The molecular formula is C15H18. The van der Waals surface area contributed by atoms with Crippen LogP contribution in [0.3, 0.4) is 0 Å². The van der Waals surface area contributed by atoms with Gasteiger partial charge in [0.1, 0.15) is 0 Å². The van der Waals surface area contributed by atoms with Crippen LogP contribution < -0.4 is 0 Å². The summed E-state index contributed by atoms with van der Waals surface area (Å²) in [6, 6.07) is 8.44. The Morgan fingerprint density at radius 2 is 1.87 bits per heavy atom. The summed E-state index contributed by atoms with van der Waals surface area (Å²) in [7, 11) is 0. The van der Waals surface area contributed by atoms with Gasteiger partial charge in [0.25, 0.3) is 0 Å². The van der Waals surface area contributed by atoms with E-state index >= 15 is 0 Å². The summed E-state index contributed by atoms with van der Waals surface area (Å²) in [5.74, 6) is 0.